The molecule has 3 N–H and O–H groups in total. The first-order valence-corrected chi connectivity index (χ1v) is 12.2. The van der Waals surface area contributed by atoms with Crippen LogP contribution < -0.4 is 10.6 Å². The summed E-state index contributed by atoms with van der Waals surface area (Å²) in [6.07, 6.45) is 3.62. The fourth-order valence-electron chi connectivity index (χ4n) is 3.32. The number of halogens is 2. The van der Waals surface area contributed by atoms with Crippen molar-refractivity contribution in [2.45, 2.75) is 44.6 Å². The van der Waals surface area contributed by atoms with Gasteiger partial charge in [0.15, 0.2) is 15.8 Å². The summed E-state index contributed by atoms with van der Waals surface area (Å²) in [5.74, 6) is 0.0836. The van der Waals surface area contributed by atoms with Crippen LogP contribution in [-0.4, -0.2) is 69.5 Å². The normalized spacial score (nSPS) is 16.2. The maximum atomic E-state index is 13.7. The first kappa shape index (κ1) is 27.1. The molecule has 7 nitrogen and oxygen atoms in total. The highest BCUT2D eigenvalue weighted by molar-refractivity contribution is 14.0. The summed E-state index contributed by atoms with van der Waals surface area (Å²) >= 11 is 0. The highest BCUT2D eigenvalue weighted by Crippen LogP contribution is 2.15. The van der Waals surface area contributed by atoms with Crippen molar-refractivity contribution in [3.8, 4) is 0 Å². The van der Waals surface area contributed by atoms with Crippen molar-refractivity contribution < 1.29 is 17.9 Å². The molecule has 2 rings (SSSR count). The third-order valence-corrected chi connectivity index (χ3v) is 5.67. The van der Waals surface area contributed by atoms with E-state index in [1.165, 1.54) is 18.2 Å². The van der Waals surface area contributed by atoms with Crippen molar-refractivity contribution in [1.29, 1.82) is 0 Å². The Kier molecular flexibility index (Phi) is 12.1. The Morgan fingerprint density at radius 2 is 1.97 bits per heavy atom. The monoisotopic (exact) mass is 556 g/mol. The van der Waals surface area contributed by atoms with Crippen molar-refractivity contribution in [3.63, 3.8) is 0 Å². The second kappa shape index (κ2) is 13.4. The summed E-state index contributed by atoms with van der Waals surface area (Å²) in [7, 11) is -3.22. The highest BCUT2D eigenvalue weighted by Gasteiger charge is 2.16. The molecule has 0 spiro atoms. The van der Waals surface area contributed by atoms with Gasteiger partial charge in [0.25, 0.3) is 0 Å². The average Bonchev–Trinajstić information content (AvgIpc) is 2.65. The molecule has 0 aliphatic carbocycles. The topological polar surface area (TPSA) is 94.0 Å². The third-order valence-electron chi connectivity index (χ3n) is 4.84. The van der Waals surface area contributed by atoms with Gasteiger partial charge in [-0.15, -0.1) is 24.0 Å². The molecule has 0 radical (unpaired) electrons. The van der Waals surface area contributed by atoms with E-state index in [4.69, 9.17) is 0 Å². The lowest BCUT2D eigenvalue weighted by molar-refractivity contribution is 0.0823. The smallest absolute Gasteiger partial charge is 0.191 e. The fourth-order valence-corrected chi connectivity index (χ4v) is 4.17. The van der Waals surface area contributed by atoms with E-state index in [9.17, 15) is 17.9 Å². The summed E-state index contributed by atoms with van der Waals surface area (Å²) < 4.78 is 36.9. The van der Waals surface area contributed by atoms with Gasteiger partial charge in [0.05, 0.1) is 18.4 Å². The zero-order valence-electron chi connectivity index (χ0n) is 17.7. The lowest BCUT2D eigenvalue weighted by Gasteiger charge is -2.29. The number of rotatable bonds is 9. The van der Waals surface area contributed by atoms with Crippen LogP contribution in [0.4, 0.5) is 4.39 Å². The van der Waals surface area contributed by atoms with Gasteiger partial charge in [-0.25, -0.2) is 17.8 Å². The van der Waals surface area contributed by atoms with Crippen LogP contribution in [0, 0.1) is 5.82 Å². The molecule has 1 fully saturated rings. The zero-order chi connectivity index (χ0) is 21.3. The molecule has 1 saturated heterocycles. The Balaban J connectivity index is 0.00000450. The molecule has 0 atom stereocenters. The van der Waals surface area contributed by atoms with E-state index >= 15 is 0 Å². The minimum Gasteiger partial charge on any atom is -0.393 e. The van der Waals surface area contributed by atoms with E-state index in [0.717, 1.165) is 51.7 Å². The van der Waals surface area contributed by atoms with E-state index in [-0.39, 0.29) is 42.4 Å². The van der Waals surface area contributed by atoms with Gasteiger partial charge in [0.1, 0.15) is 5.82 Å². The number of piperidine rings is 1. The molecule has 172 valence electrons. The second-order valence-corrected chi connectivity index (χ2v) is 9.67. The Bertz CT molecular complexity index is 784. The number of hydrogen-bond donors (Lipinski definition) is 3. The van der Waals surface area contributed by atoms with Crippen molar-refractivity contribution in [2.75, 3.05) is 39.0 Å². The summed E-state index contributed by atoms with van der Waals surface area (Å²) in [6.45, 7) is 6.41. The number of guanidine groups is 1. The molecule has 1 aliphatic heterocycles. The molecule has 1 aromatic carbocycles. The first-order chi connectivity index (χ1) is 13.8. The molecule has 0 amide bonds. The van der Waals surface area contributed by atoms with Crippen molar-refractivity contribution in [3.05, 3.63) is 35.1 Å². The predicted molar refractivity (Wildman–Crippen MR) is 129 cm³/mol. The van der Waals surface area contributed by atoms with Crippen LogP contribution in [0.5, 0.6) is 0 Å². The van der Waals surface area contributed by atoms with Crippen LogP contribution in [0.1, 0.15) is 37.3 Å². The van der Waals surface area contributed by atoms with Crippen LogP contribution in [0.25, 0.3) is 0 Å². The van der Waals surface area contributed by atoms with E-state index < -0.39 is 15.7 Å². The lowest BCUT2D eigenvalue weighted by atomic mass is 10.1. The number of benzene rings is 1. The highest BCUT2D eigenvalue weighted by atomic mass is 127. The largest absolute Gasteiger partial charge is 0.393 e. The summed E-state index contributed by atoms with van der Waals surface area (Å²) in [5.41, 5.74) is 1.14. The molecule has 1 aromatic rings. The number of nitrogens with zero attached hydrogens (tertiary/aromatic N) is 2. The van der Waals surface area contributed by atoms with E-state index in [2.05, 4.69) is 20.5 Å². The van der Waals surface area contributed by atoms with Gasteiger partial charge < -0.3 is 20.6 Å². The number of aliphatic imine (C=N–C) groups is 1. The van der Waals surface area contributed by atoms with Crippen LogP contribution in [0.3, 0.4) is 0 Å². The molecule has 1 heterocycles. The Labute approximate surface area is 196 Å². The molecule has 0 unspecified atom stereocenters. The molecule has 0 saturated carbocycles. The van der Waals surface area contributed by atoms with Gasteiger partial charge in [-0.05, 0) is 56.0 Å². The van der Waals surface area contributed by atoms with E-state index in [1.807, 2.05) is 6.92 Å². The maximum Gasteiger partial charge on any atom is 0.191 e. The van der Waals surface area contributed by atoms with Crippen molar-refractivity contribution in [2.24, 2.45) is 4.99 Å². The van der Waals surface area contributed by atoms with Crippen LogP contribution in [-0.2, 0) is 22.1 Å². The minimum atomic E-state index is -3.22. The quantitative estimate of drug-likeness (QED) is 0.186. The molecule has 30 heavy (non-hydrogen) atoms. The van der Waals surface area contributed by atoms with Crippen molar-refractivity contribution >= 4 is 39.8 Å². The number of aliphatic hydroxyl groups excluding tert-OH is 1. The number of aliphatic hydroxyl groups is 1. The number of nitrogens with one attached hydrogen (secondary N) is 2. The van der Waals surface area contributed by atoms with Crippen LogP contribution in [0.15, 0.2) is 23.2 Å². The van der Waals surface area contributed by atoms with Gasteiger partial charge in [0.2, 0.25) is 0 Å². The SMILES string of the molecule is CCNC(=NCc1cc(F)ccc1CS(C)(=O)=O)NCCCN1CCC(O)CC1.I. The fraction of sp³-hybridized carbons (Fsp3) is 0.650. The predicted octanol–water partition coefficient (Wildman–Crippen LogP) is 1.89. The number of hydrogen-bond acceptors (Lipinski definition) is 5. The summed E-state index contributed by atoms with van der Waals surface area (Å²) in [5, 5.41) is 16.0. The first-order valence-electron chi connectivity index (χ1n) is 10.1. The molecular formula is C20H34FIN4O3S. The van der Waals surface area contributed by atoms with Gasteiger partial charge >= 0.3 is 0 Å². The molecular weight excluding hydrogens is 522 g/mol. The summed E-state index contributed by atoms with van der Waals surface area (Å²) in [6, 6.07) is 4.13. The second-order valence-electron chi connectivity index (χ2n) is 7.53. The molecule has 0 bridgehead atoms. The lowest BCUT2D eigenvalue weighted by Crippen LogP contribution is -2.40. The Morgan fingerprint density at radius 1 is 1.27 bits per heavy atom. The molecule has 10 heteroatoms. The third kappa shape index (κ3) is 10.4. The van der Waals surface area contributed by atoms with Crippen LogP contribution in [0.2, 0.25) is 0 Å². The number of sulfone groups is 1. The molecule has 1 aliphatic rings. The van der Waals surface area contributed by atoms with Gasteiger partial charge in [-0.1, -0.05) is 6.07 Å². The van der Waals surface area contributed by atoms with Gasteiger partial charge in [-0.2, -0.15) is 0 Å². The standard InChI is InChI=1S/C20H33FN4O3S.HI/c1-3-22-20(23-9-4-10-25-11-7-19(26)8-12-25)24-14-17-13-18(21)6-5-16(17)15-29(2,27)28;/h5-6,13,19,26H,3-4,7-12,14-15H2,1-2H3,(H2,22,23,24);1H. The average molecular weight is 556 g/mol. The van der Waals surface area contributed by atoms with Gasteiger partial charge in [0, 0.05) is 32.4 Å². The number of likely N-dealkylation sites (tertiary alicyclic amines) is 1. The van der Waals surface area contributed by atoms with Crippen LogP contribution >= 0.6 is 24.0 Å². The molecule has 0 aromatic heterocycles. The Hall–Kier alpha value is -0.980. The van der Waals surface area contributed by atoms with E-state index in [1.54, 1.807) is 0 Å². The van der Waals surface area contributed by atoms with Crippen molar-refractivity contribution in [1.82, 2.24) is 15.5 Å². The van der Waals surface area contributed by atoms with E-state index in [0.29, 0.717) is 23.6 Å². The Morgan fingerprint density at radius 3 is 2.60 bits per heavy atom. The summed E-state index contributed by atoms with van der Waals surface area (Å²) in [4.78, 5) is 6.85. The maximum absolute atomic E-state index is 13.7. The zero-order valence-corrected chi connectivity index (χ0v) is 20.9. The van der Waals surface area contributed by atoms with Gasteiger partial charge in [-0.3, -0.25) is 0 Å². The minimum absolute atomic E-state index is 0.